The monoisotopic (exact) mass is 740 g/mol. The average molecular weight is 741 g/mol. The Kier molecular flexibility index (Phi) is 11.6. The highest BCUT2D eigenvalue weighted by Crippen LogP contribution is 2.36. The van der Waals surface area contributed by atoms with Gasteiger partial charge in [-0.25, -0.2) is 9.59 Å². The van der Waals surface area contributed by atoms with Gasteiger partial charge in [-0.2, -0.15) is 31.3 Å². The molecule has 52 heavy (non-hydrogen) atoms. The van der Waals surface area contributed by atoms with E-state index in [2.05, 4.69) is 25.6 Å². The molecule has 12 nitrogen and oxygen atoms in total. The zero-order valence-electron chi connectivity index (χ0n) is 29.4. The number of oxime groups is 1. The Hall–Kier alpha value is -5.16. The number of aromatic nitrogens is 2. The fourth-order valence-electron chi connectivity index (χ4n) is 4.84. The summed E-state index contributed by atoms with van der Waals surface area (Å²) in [6.07, 6.45) is -11.1. The molecule has 2 aromatic carbocycles. The fourth-order valence-corrected chi connectivity index (χ4v) is 4.84. The zero-order chi connectivity index (χ0) is 38.6. The van der Waals surface area contributed by atoms with Gasteiger partial charge >= 0.3 is 24.5 Å². The number of nitrogens with zero attached hydrogens (tertiary/aromatic N) is 5. The SMILES string of the molecule is CC(=NOCc1cc(C(F)(F)F)cc(C(F)(F)F)c1)c1ccc(-c2noc([C@@H]3CCN(C(=NC(=O)OC(C)(C)C)NC(=O)OC(C)(C)C)C3)n2)cc1. The van der Waals surface area contributed by atoms with E-state index in [1.165, 1.54) is 0 Å². The molecule has 0 spiro atoms. The van der Waals surface area contributed by atoms with Gasteiger partial charge in [-0.3, -0.25) is 5.32 Å². The number of ether oxygens (including phenoxy) is 2. The first-order valence-electron chi connectivity index (χ1n) is 15.9. The van der Waals surface area contributed by atoms with Crippen molar-refractivity contribution in [1.82, 2.24) is 20.4 Å². The number of aliphatic imine (C=N–C) groups is 1. The average Bonchev–Trinajstić information content (AvgIpc) is 3.69. The van der Waals surface area contributed by atoms with Gasteiger partial charge in [0.1, 0.15) is 17.8 Å². The first-order valence-corrected chi connectivity index (χ1v) is 15.9. The molecular formula is C34H38F6N6O6. The molecule has 0 saturated carbocycles. The van der Waals surface area contributed by atoms with Crippen LogP contribution in [0.25, 0.3) is 11.4 Å². The van der Waals surface area contributed by atoms with Crippen molar-refractivity contribution in [2.45, 2.75) is 91.0 Å². The lowest BCUT2D eigenvalue weighted by Crippen LogP contribution is -2.45. The molecule has 0 unspecified atom stereocenters. The predicted molar refractivity (Wildman–Crippen MR) is 175 cm³/mol. The number of hydrogen-bond donors (Lipinski definition) is 1. The van der Waals surface area contributed by atoms with Crippen LogP contribution >= 0.6 is 0 Å². The Balaban J connectivity index is 1.42. The summed E-state index contributed by atoms with van der Waals surface area (Å²) in [5.41, 5.74) is -3.42. The van der Waals surface area contributed by atoms with Crippen molar-refractivity contribution < 1.29 is 54.8 Å². The number of nitrogens with one attached hydrogen (secondary N) is 1. The summed E-state index contributed by atoms with van der Waals surface area (Å²) >= 11 is 0. The van der Waals surface area contributed by atoms with Gasteiger partial charge in [0.2, 0.25) is 17.7 Å². The Morgan fingerprint density at radius 2 is 1.52 bits per heavy atom. The van der Waals surface area contributed by atoms with E-state index in [4.69, 9.17) is 18.8 Å². The quantitative estimate of drug-likeness (QED) is 0.114. The van der Waals surface area contributed by atoms with Crippen LogP contribution in [0, 0.1) is 0 Å². The molecule has 1 saturated heterocycles. The number of alkyl halides is 6. The highest BCUT2D eigenvalue weighted by Gasteiger charge is 2.37. The van der Waals surface area contributed by atoms with E-state index < -0.39 is 53.5 Å². The standard InChI is InChI=1S/C34H38F6N6O6/c1-19(44-49-18-20-14-24(33(35,36)37)16-25(15-20)34(38,39)40)21-8-10-22(11-9-21)26-41-27(52-45-26)23-12-13-46(17-23)28(42-29(47)50-31(2,3)4)43-30(48)51-32(5,6)7/h8-11,14-16,23H,12-13,17-18H2,1-7H3,(H,42,43,47,48)/t23-/m1/s1. The first kappa shape index (κ1) is 39.6. The van der Waals surface area contributed by atoms with Crippen LogP contribution in [-0.2, 0) is 33.3 Å². The molecule has 1 fully saturated rings. The summed E-state index contributed by atoms with van der Waals surface area (Å²) in [5.74, 6) is 0.249. The Bertz CT molecular complexity index is 1770. The zero-order valence-corrected chi connectivity index (χ0v) is 29.4. The van der Waals surface area contributed by atoms with E-state index in [-0.39, 0.29) is 35.9 Å². The van der Waals surface area contributed by atoms with Crippen molar-refractivity contribution in [3.63, 3.8) is 0 Å². The smallest absolute Gasteiger partial charge is 0.437 e. The van der Waals surface area contributed by atoms with Gasteiger partial charge in [0.05, 0.1) is 22.8 Å². The van der Waals surface area contributed by atoms with E-state index >= 15 is 0 Å². The molecule has 4 rings (SSSR count). The molecule has 2 heterocycles. The molecule has 0 bridgehead atoms. The number of hydrogen-bond acceptors (Lipinski definition) is 9. The number of rotatable bonds is 6. The van der Waals surface area contributed by atoms with Crippen LogP contribution in [0.4, 0.5) is 35.9 Å². The van der Waals surface area contributed by atoms with Crippen molar-refractivity contribution in [3.05, 3.63) is 70.6 Å². The second-order valence-electron chi connectivity index (χ2n) is 13.9. The lowest BCUT2D eigenvalue weighted by Gasteiger charge is -2.24. The second kappa shape index (κ2) is 15.2. The second-order valence-corrected chi connectivity index (χ2v) is 13.9. The van der Waals surface area contributed by atoms with Gasteiger partial charge < -0.3 is 23.7 Å². The summed E-state index contributed by atoms with van der Waals surface area (Å²) in [5, 5.41) is 10.5. The third-order valence-corrected chi connectivity index (χ3v) is 7.12. The van der Waals surface area contributed by atoms with E-state index in [0.717, 1.165) is 0 Å². The topological polar surface area (TPSA) is 141 Å². The number of halogens is 6. The van der Waals surface area contributed by atoms with Crippen molar-refractivity contribution in [2.75, 3.05) is 13.1 Å². The van der Waals surface area contributed by atoms with Crippen LogP contribution in [-0.4, -0.2) is 63.2 Å². The van der Waals surface area contributed by atoms with E-state index in [9.17, 15) is 35.9 Å². The van der Waals surface area contributed by atoms with E-state index in [0.29, 0.717) is 47.8 Å². The molecule has 1 aliphatic rings. The first-order chi connectivity index (χ1) is 24.0. The van der Waals surface area contributed by atoms with Crippen molar-refractivity contribution >= 4 is 23.9 Å². The molecule has 0 aliphatic carbocycles. The lowest BCUT2D eigenvalue weighted by atomic mass is 10.1. The van der Waals surface area contributed by atoms with Crippen molar-refractivity contribution in [3.8, 4) is 11.4 Å². The van der Waals surface area contributed by atoms with Crippen LogP contribution in [0.3, 0.4) is 0 Å². The molecule has 18 heteroatoms. The Morgan fingerprint density at radius 1 is 0.923 bits per heavy atom. The van der Waals surface area contributed by atoms with Gasteiger partial charge in [0, 0.05) is 18.7 Å². The van der Waals surface area contributed by atoms with Crippen LogP contribution in [0.2, 0.25) is 0 Å². The third kappa shape index (κ3) is 11.4. The summed E-state index contributed by atoms with van der Waals surface area (Å²) in [6.45, 7) is 11.7. The normalized spacial score (nSPS) is 16.2. The van der Waals surface area contributed by atoms with Crippen LogP contribution in [0.5, 0.6) is 0 Å². The summed E-state index contributed by atoms with van der Waals surface area (Å²) in [7, 11) is 0. The fraction of sp³-hybridized carbons (Fsp3) is 0.471. The molecule has 1 aliphatic heterocycles. The molecule has 3 aromatic rings. The highest BCUT2D eigenvalue weighted by atomic mass is 19.4. The minimum Gasteiger partial charge on any atom is -0.444 e. The number of carbonyl (C=O) groups excluding carboxylic acids is 2. The maximum Gasteiger partial charge on any atom is 0.437 e. The molecule has 282 valence electrons. The number of alkyl carbamates (subject to hydrolysis) is 1. The van der Waals surface area contributed by atoms with E-state index in [1.54, 1.807) is 77.6 Å². The number of carbonyl (C=O) groups is 2. The van der Waals surface area contributed by atoms with Crippen LogP contribution < -0.4 is 5.32 Å². The minimum atomic E-state index is -4.98. The number of amides is 2. The molecule has 0 radical (unpaired) electrons. The lowest BCUT2D eigenvalue weighted by molar-refractivity contribution is -0.143. The molecular weight excluding hydrogens is 702 g/mol. The van der Waals surface area contributed by atoms with Gasteiger partial charge in [-0.15, -0.1) is 4.99 Å². The van der Waals surface area contributed by atoms with Crippen LogP contribution in [0.15, 0.2) is 57.1 Å². The summed E-state index contributed by atoms with van der Waals surface area (Å²) in [4.78, 5) is 40.3. The van der Waals surface area contributed by atoms with Gasteiger partial charge in [0.25, 0.3) is 0 Å². The largest absolute Gasteiger partial charge is 0.444 e. The molecule has 1 aromatic heterocycles. The van der Waals surface area contributed by atoms with E-state index in [1.807, 2.05) is 0 Å². The maximum atomic E-state index is 13.2. The number of benzene rings is 2. The van der Waals surface area contributed by atoms with Gasteiger partial charge in [-0.05, 0) is 84.2 Å². The van der Waals surface area contributed by atoms with Crippen LogP contribution in [0.1, 0.15) is 88.9 Å². The van der Waals surface area contributed by atoms with Gasteiger partial charge in [0.15, 0.2) is 0 Å². The minimum absolute atomic E-state index is 0.0426. The maximum absolute atomic E-state index is 13.2. The summed E-state index contributed by atoms with van der Waals surface area (Å²) in [6, 6.07) is 7.84. The van der Waals surface area contributed by atoms with Crippen molar-refractivity contribution in [2.24, 2.45) is 10.1 Å². The Morgan fingerprint density at radius 3 is 2.08 bits per heavy atom. The molecule has 1 atom stereocenters. The summed E-state index contributed by atoms with van der Waals surface area (Å²) < 4.78 is 95.1. The van der Waals surface area contributed by atoms with Gasteiger partial charge in [-0.1, -0.05) is 34.6 Å². The number of guanidine groups is 1. The third-order valence-electron chi connectivity index (χ3n) is 7.12. The molecule has 2 amide bonds. The predicted octanol–water partition coefficient (Wildman–Crippen LogP) is 8.32. The van der Waals surface area contributed by atoms with Crippen molar-refractivity contribution in [1.29, 1.82) is 0 Å². The molecule has 1 N–H and O–H groups in total. The highest BCUT2D eigenvalue weighted by molar-refractivity contribution is 5.99. The number of likely N-dealkylation sites (tertiary alicyclic amines) is 1. The Labute approximate surface area is 295 Å².